The van der Waals surface area contributed by atoms with Crippen LogP contribution >= 0.6 is 0 Å². The van der Waals surface area contributed by atoms with Crippen LogP contribution in [0.2, 0.25) is 0 Å². The van der Waals surface area contributed by atoms with Gasteiger partial charge in [-0.3, -0.25) is 14.4 Å². The summed E-state index contributed by atoms with van der Waals surface area (Å²) in [5, 5.41) is 15.0. The van der Waals surface area contributed by atoms with E-state index in [0.717, 1.165) is 0 Å². The van der Waals surface area contributed by atoms with Gasteiger partial charge in [-0.2, -0.15) is 0 Å². The molecule has 26 heavy (non-hydrogen) atoms. The van der Waals surface area contributed by atoms with E-state index in [9.17, 15) is 19.5 Å². The van der Waals surface area contributed by atoms with Gasteiger partial charge in [0.05, 0.1) is 0 Å². The number of carboxylic acid groups (broad SMARTS) is 1. The van der Waals surface area contributed by atoms with Gasteiger partial charge in [0.25, 0.3) is 11.8 Å². The van der Waals surface area contributed by atoms with Crippen molar-refractivity contribution in [2.75, 3.05) is 13.6 Å². The molecule has 2 aromatic rings. The Bertz CT molecular complexity index is 804. The lowest BCUT2D eigenvalue weighted by atomic mass is 9.78. The van der Waals surface area contributed by atoms with Crippen LogP contribution in [0.4, 0.5) is 0 Å². The monoisotopic (exact) mass is 354 g/mol. The average molecular weight is 354 g/mol. The van der Waals surface area contributed by atoms with Crippen LogP contribution in [-0.4, -0.2) is 36.5 Å². The molecule has 1 unspecified atom stereocenters. The Labute approximate surface area is 152 Å². The Kier molecular flexibility index (Phi) is 6.11. The normalized spacial score (nSPS) is 12.7. The van der Waals surface area contributed by atoms with E-state index in [1.54, 1.807) is 49.4 Å². The van der Waals surface area contributed by atoms with E-state index in [2.05, 4.69) is 10.6 Å². The first-order valence-corrected chi connectivity index (χ1v) is 8.34. The molecule has 0 spiro atoms. The minimum Gasteiger partial charge on any atom is -0.481 e. The third kappa shape index (κ3) is 3.91. The summed E-state index contributed by atoms with van der Waals surface area (Å²) in [4.78, 5) is 36.2. The van der Waals surface area contributed by atoms with Crippen LogP contribution in [0.15, 0.2) is 54.6 Å². The van der Waals surface area contributed by atoms with Gasteiger partial charge in [0.2, 0.25) is 0 Å². The Morgan fingerprint density at radius 3 is 2.12 bits per heavy atom. The summed E-state index contributed by atoms with van der Waals surface area (Å²) in [7, 11) is 1.51. The Morgan fingerprint density at radius 2 is 1.58 bits per heavy atom. The molecule has 6 heteroatoms. The van der Waals surface area contributed by atoms with E-state index in [-0.39, 0.29) is 12.5 Å². The van der Waals surface area contributed by atoms with Gasteiger partial charge in [-0.05, 0) is 30.2 Å². The maximum atomic E-state index is 12.5. The summed E-state index contributed by atoms with van der Waals surface area (Å²) in [6, 6.07) is 15.1. The molecule has 0 saturated carbocycles. The molecule has 0 heterocycles. The smallest absolute Gasteiger partial charge is 0.315 e. The van der Waals surface area contributed by atoms with Crippen molar-refractivity contribution in [3.8, 4) is 0 Å². The van der Waals surface area contributed by atoms with Gasteiger partial charge in [0, 0.05) is 24.7 Å². The van der Waals surface area contributed by atoms with E-state index in [0.29, 0.717) is 23.1 Å². The predicted octanol–water partition coefficient (Wildman–Crippen LogP) is 2.21. The minimum absolute atomic E-state index is 0.0497. The largest absolute Gasteiger partial charge is 0.481 e. The average Bonchev–Trinajstić information content (AvgIpc) is 2.68. The molecule has 0 saturated heterocycles. The topological polar surface area (TPSA) is 95.5 Å². The second-order valence-electron chi connectivity index (χ2n) is 5.95. The molecule has 0 aliphatic heterocycles. The van der Waals surface area contributed by atoms with Crippen molar-refractivity contribution >= 4 is 17.8 Å². The SMILES string of the molecule is CCC(CNC(=O)c1cccc(C(=O)NC)c1)(C(=O)O)c1ccccc1. The maximum Gasteiger partial charge on any atom is 0.315 e. The van der Waals surface area contributed by atoms with Crippen molar-refractivity contribution in [3.63, 3.8) is 0 Å². The number of aliphatic carboxylic acids is 1. The molecule has 6 nitrogen and oxygen atoms in total. The summed E-state index contributed by atoms with van der Waals surface area (Å²) >= 11 is 0. The quantitative estimate of drug-likeness (QED) is 0.710. The van der Waals surface area contributed by atoms with Crippen molar-refractivity contribution in [1.29, 1.82) is 0 Å². The molecule has 0 radical (unpaired) electrons. The van der Waals surface area contributed by atoms with E-state index >= 15 is 0 Å². The molecule has 2 amide bonds. The zero-order chi connectivity index (χ0) is 19.2. The number of amides is 2. The fraction of sp³-hybridized carbons (Fsp3) is 0.250. The van der Waals surface area contributed by atoms with Crippen LogP contribution in [0, 0.1) is 0 Å². The zero-order valence-corrected chi connectivity index (χ0v) is 14.8. The zero-order valence-electron chi connectivity index (χ0n) is 14.8. The van der Waals surface area contributed by atoms with Crippen molar-refractivity contribution in [1.82, 2.24) is 10.6 Å². The highest BCUT2D eigenvalue weighted by molar-refractivity contribution is 5.99. The summed E-state index contributed by atoms with van der Waals surface area (Å²) in [6.45, 7) is 1.73. The Morgan fingerprint density at radius 1 is 0.962 bits per heavy atom. The van der Waals surface area contributed by atoms with Crippen LogP contribution in [0.25, 0.3) is 0 Å². The van der Waals surface area contributed by atoms with Gasteiger partial charge < -0.3 is 15.7 Å². The number of nitrogens with one attached hydrogen (secondary N) is 2. The van der Waals surface area contributed by atoms with Gasteiger partial charge in [-0.15, -0.1) is 0 Å². The molecule has 136 valence electrons. The van der Waals surface area contributed by atoms with Crippen molar-refractivity contribution in [2.45, 2.75) is 18.8 Å². The minimum atomic E-state index is -1.21. The summed E-state index contributed by atoms with van der Waals surface area (Å²) in [6.07, 6.45) is 0.324. The second kappa shape index (κ2) is 8.29. The molecule has 2 aromatic carbocycles. The van der Waals surface area contributed by atoms with Gasteiger partial charge in [0.15, 0.2) is 0 Å². The number of hydrogen-bond donors (Lipinski definition) is 3. The molecular formula is C20H22N2O4. The van der Waals surface area contributed by atoms with Crippen LogP contribution in [0.1, 0.15) is 39.6 Å². The number of carbonyl (C=O) groups excluding carboxylic acids is 2. The number of hydrogen-bond acceptors (Lipinski definition) is 3. The van der Waals surface area contributed by atoms with E-state index < -0.39 is 17.3 Å². The lowest BCUT2D eigenvalue weighted by Gasteiger charge is -2.29. The van der Waals surface area contributed by atoms with Gasteiger partial charge in [0.1, 0.15) is 5.41 Å². The summed E-state index contributed by atoms with van der Waals surface area (Å²) in [5.74, 6) is -1.71. The van der Waals surface area contributed by atoms with E-state index in [1.165, 1.54) is 13.1 Å². The molecule has 0 aliphatic carbocycles. The molecular weight excluding hydrogens is 332 g/mol. The third-order valence-electron chi connectivity index (χ3n) is 4.50. The molecule has 1 atom stereocenters. The Balaban J connectivity index is 2.23. The van der Waals surface area contributed by atoms with Crippen molar-refractivity contribution in [3.05, 3.63) is 71.3 Å². The molecule has 0 aromatic heterocycles. The first-order valence-electron chi connectivity index (χ1n) is 8.34. The van der Waals surface area contributed by atoms with Crippen LogP contribution in [-0.2, 0) is 10.2 Å². The van der Waals surface area contributed by atoms with E-state index in [4.69, 9.17) is 0 Å². The summed E-state index contributed by atoms with van der Waals surface area (Å²) in [5.41, 5.74) is 0.0853. The first-order chi connectivity index (χ1) is 12.4. The fourth-order valence-electron chi connectivity index (χ4n) is 2.82. The lowest BCUT2D eigenvalue weighted by Crippen LogP contribution is -2.46. The highest BCUT2D eigenvalue weighted by atomic mass is 16.4. The number of rotatable bonds is 7. The molecule has 0 fully saturated rings. The molecule has 2 rings (SSSR count). The maximum absolute atomic E-state index is 12.5. The molecule has 3 N–H and O–H groups in total. The van der Waals surface area contributed by atoms with Crippen LogP contribution in [0.3, 0.4) is 0 Å². The second-order valence-corrected chi connectivity index (χ2v) is 5.95. The number of carbonyl (C=O) groups is 3. The molecule has 0 aliphatic rings. The highest BCUT2D eigenvalue weighted by Gasteiger charge is 2.39. The molecule has 0 bridgehead atoms. The third-order valence-corrected chi connectivity index (χ3v) is 4.50. The summed E-state index contributed by atoms with van der Waals surface area (Å²) < 4.78 is 0. The first kappa shape index (κ1) is 19.2. The van der Waals surface area contributed by atoms with Gasteiger partial charge >= 0.3 is 5.97 Å². The number of benzene rings is 2. The van der Waals surface area contributed by atoms with Gasteiger partial charge in [-0.1, -0.05) is 43.3 Å². The predicted molar refractivity (Wildman–Crippen MR) is 98.2 cm³/mol. The standard InChI is InChI=1S/C20H22N2O4/c1-3-20(19(25)26,16-10-5-4-6-11-16)13-22-18(24)15-9-7-8-14(12-15)17(23)21-2/h4-12H,3,13H2,1-2H3,(H,21,23)(H,22,24)(H,25,26). The number of carboxylic acids is 1. The Hall–Kier alpha value is -3.15. The fourth-order valence-corrected chi connectivity index (χ4v) is 2.82. The van der Waals surface area contributed by atoms with Gasteiger partial charge in [-0.25, -0.2) is 0 Å². The van der Waals surface area contributed by atoms with Crippen LogP contribution in [0.5, 0.6) is 0 Å². The highest BCUT2D eigenvalue weighted by Crippen LogP contribution is 2.28. The van der Waals surface area contributed by atoms with Crippen molar-refractivity contribution < 1.29 is 19.5 Å². The lowest BCUT2D eigenvalue weighted by molar-refractivity contribution is -0.143. The van der Waals surface area contributed by atoms with Crippen LogP contribution < -0.4 is 10.6 Å². The van der Waals surface area contributed by atoms with E-state index in [1.807, 2.05) is 6.07 Å². The van der Waals surface area contributed by atoms with Crippen molar-refractivity contribution in [2.24, 2.45) is 0 Å².